The Hall–Kier alpha value is -1.09. The van der Waals surface area contributed by atoms with Crippen LogP contribution in [-0.2, 0) is 0 Å². The number of nitrogens with one attached hydrogen (secondary N) is 1. The number of nitrogens with zero attached hydrogens (tertiary/aromatic N) is 1. The van der Waals surface area contributed by atoms with Crippen LogP contribution in [0.25, 0.3) is 0 Å². The molecule has 0 bridgehead atoms. The molecule has 3 N–H and O–H groups in total. The molecule has 1 aliphatic rings. The van der Waals surface area contributed by atoms with Crippen molar-refractivity contribution in [3.8, 4) is 0 Å². The zero-order chi connectivity index (χ0) is 12.8. The molecule has 18 heavy (non-hydrogen) atoms. The highest BCUT2D eigenvalue weighted by Crippen LogP contribution is 2.33. The van der Waals surface area contributed by atoms with Crippen LogP contribution >= 0.6 is 0 Å². The van der Waals surface area contributed by atoms with Crippen molar-refractivity contribution in [3.05, 3.63) is 23.9 Å². The maximum Gasteiger partial charge on any atom is 0.126 e. The number of nitrogen functional groups attached to an aromatic ring is 1. The van der Waals surface area contributed by atoms with Crippen molar-refractivity contribution < 1.29 is 0 Å². The molecule has 1 aromatic rings. The van der Waals surface area contributed by atoms with Crippen LogP contribution in [0.5, 0.6) is 0 Å². The summed E-state index contributed by atoms with van der Waals surface area (Å²) in [6, 6.07) is 4.80. The van der Waals surface area contributed by atoms with Crippen LogP contribution in [0.15, 0.2) is 18.3 Å². The number of rotatable bonds is 4. The molecule has 3 nitrogen and oxygen atoms in total. The first-order valence-corrected chi connectivity index (χ1v) is 7.25. The van der Waals surface area contributed by atoms with Gasteiger partial charge in [0.1, 0.15) is 5.82 Å². The average molecular weight is 247 g/mol. The smallest absolute Gasteiger partial charge is 0.126 e. The molecule has 1 heterocycles. The number of pyridine rings is 1. The second-order valence-corrected chi connectivity index (χ2v) is 5.35. The van der Waals surface area contributed by atoms with Crippen molar-refractivity contribution in [2.75, 3.05) is 12.3 Å². The molecular weight excluding hydrogens is 222 g/mol. The molecule has 0 aromatic carbocycles. The predicted octanol–water partition coefficient (Wildman–Crippen LogP) is 3.08. The second kappa shape index (κ2) is 6.74. The fourth-order valence-corrected chi connectivity index (χ4v) is 2.95. The number of hydrogen-bond donors (Lipinski definition) is 2. The van der Waals surface area contributed by atoms with Gasteiger partial charge in [0.05, 0.1) is 0 Å². The van der Waals surface area contributed by atoms with Gasteiger partial charge in [-0.2, -0.15) is 0 Å². The Morgan fingerprint density at radius 2 is 2.22 bits per heavy atom. The molecule has 2 rings (SSSR count). The van der Waals surface area contributed by atoms with Gasteiger partial charge in [-0.05, 0) is 49.8 Å². The largest absolute Gasteiger partial charge is 0.383 e. The van der Waals surface area contributed by atoms with Crippen molar-refractivity contribution in [3.63, 3.8) is 0 Å². The van der Waals surface area contributed by atoms with Crippen molar-refractivity contribution in [2.24, 2.45) is 0 Å². The highest BCUT2D eigenvalue weighted by Gasteiger charge is 2.22. The van der Waals surface area contributed by atoms with E-state index in [1.807, 2.05) is 6.07 Å². The Morgan fingerprint density at radius 3 is 3.00 bits per heavy atom. The lowest BCUT2D eigenvalue weighted by Crippen LogP contribution is -2.30. The van der Waals surface area contributed by atoms with Gasteiger partial charge in [-0.15, -0.1) is 0 Å². The molecule has 2 atom stereocenters. The van der Waals surface area contributed by atoms with E-state index in [2.05, 4.69) is 23.3 Å². The lowest BCUT2D eigenvalue weighted by atomic mass is 9.90. The summed E-state index contributed by atoms with van der Waals surface area (Å²) in [6.07, 6.45) is 9.38. The highest BCUT2D eigenvalue weighted by atomic mass is 14.9. The predicted molar refractivity (Wildman–Crippen MR) is 76.6 cm³/mol. The third kappa shape index (κ3) is 3.45. The fraction of sp³-hybridized carbons (Fsp3) is 0.667. The van der Waals surface area contributed by atoms with Gasteiger partial charge in [0.2, 0.25) is 0 Å². The second-order valence-electron chi connectivity index (χ2n) is 5.35. The van der Waals surface area contributed by atoms with E-state index in [4.69, 9.17) is 5.73 Å². The van der Waals surface area contributed by atoms with Crippen LogP contribution in [0.2, 0.25) is 0 Å². The quantitative estimate of drug-likeness (QED) is 0.804. The van der Waals surface area contributed by atoms with Crippen LogP contribution < -0.4 is 11.1 Å². The van der Waals surface area contributed by atoms with E-state index in [1.54, 1.807) is 6.20 Å². The molecule has 0 spiro atoms. The highest BCUT2D eigenvalue weighted by molar-refractivity contribution is 5.41. The minimum atomic E-state index is 0.579. The van der Waals surface area contributed by atoms with Gasteiger partial charge in [0.15, 0.2) is 0 Å². The molecule has 100 valence electrons. The van der Waals surface area contributed by atoms with Gasteiger partial charge in [-0.1, -0.05) is 25.8 Å². The van der Waals surface area contributed by atoms with Crippen LogP contribution in [0.3, 0.4) is 0 Å². The summed E-state index contributed by atoms with van der Waals surface area (Å²) in [7, 11) is 0. The van der Waals surface area contributed by atoms with Gasteiger partial charge in [-0.3, -0.25) is 0 Å². The zero-order valence-electron chi connectivity index (χ0n) is 11.4. The zero-order valence-corrected chi connectivity index (χ0v) is 11.4. The third-order valence-electron chi connectivity index (χ3n) is 3.92. The Labute approximate surface area is 110 Å². The molecule has 2 unspecified atom stereocenters. The lowest BCUT2D eigenvalue weighted by molar-refractivity contribution is 0.439. The number of aromatic nitrogens is 1. The monoisotopic (exact) mass is 247 g/mol. The summed E-state index contributed by atoms with van der Waals surface area (Å²) in [5, 5.41) is 3.67. The van der Waals surface area contributed by atoms with Crippen LogP contribution in [-0.4, -0.2) is 17.6 Å². The van der Waals surface area contributed by atoms with Crippen molar-refractivity contribution in [1.29, 1.82) is 0 Å². The van der Waals surface area contributed by atoms with E-state index in [0.29, 0.717) is 12.0 Å². The molecule has 0 aliphatic heterocycles. The molecule has 1 fully saturated rings. The molecule has 3 heteroatoms. The molecular formula is C15H25N3. The van der Waals surface area contributed by atoms with Gasteiger partial charge in [0, 0.05) is 12.2 Å². The van der Waals surface area contributed by atoms with E-state index in [1.165, 1.54) is 44.1 Å². The molecule has 1 aromatic heterocycles. The van der Waals surface area contributed by atoms with E-state index in [9.17, 15) is 0 Å². The van der Waals surface area contributed by atoms with Crippen LogP contribution in [0.1, 0.15) is 56.9 Å². The first kappa shape index (κ1) is 13.3. The summed E-state index contributed by atoms with van der Waals surface area (Å²) in [5.41, 5.74) is 7.27. The standard InChI is InChI=1S/C15H25N3/c1-2-9-17-13-7-4-3-6-12(11-13)14-8-5-10-18-15(14)16/h5,8,10,12-13,17H,2-4,6-7,9,11H2,1H3,(H2,16,18). The first-order valence-electron chi connectivity index (χ1n) is 7.25. The van der Waals surface area contributed by atoms with Gasteiger partial charge in [0.25, 0.3) is 0 Å². The summed E-state index contributed by atoms with van der Waals surface area (Å²) in [6.45, 7) is 3.35. The minimum Gasteiger partial charge on any atom is -0.383 e. The molecule has 0 saturated heterocycles. The van der Waals surface area contributed by atoms with Crippen molar-refractivity contribution in [2.45, 2.75) is 57.4 Å². The Bertz CT molecular complexity index is 365. The number of nitrogens with two attached hydrogens (primary N) is 1. The van der Waals surface area contributed by atoms with Crippen molar-refractivity contribution >= 4 is 5.82 Å². The summed E-state index contributed by atoms with van der Waals surface area (Å²) in [5.74, 6) is 1.30. The van der Waals surface area contributed by atoms with Crippen LogP contribution in [0, 0.1) is 0 Å². The van der Waals surface area contributed by atoms with E-state index >= 15 is 0 Å². The summed E-state index contributed by atoms with van der Waals surface area (Å²) < 4.78 is 0. The van der Waals surface area contributed by atoms with Gasteiger partial charge in [-0.25, -0.2) is 4.98 Å². The fourth-order valence-electron chi connectivity index (χ4n) is 2.95. The van der Waals surface area contributed by atoms with E-state index < -0.39 is 0 Å². The molecule has 0 radical (unpaired) electrons. The number of hydrogen-bond acceptors (Lipinski definition) is 3. The van der Waals surface area contributed by atoms with E-state index in [-0.39, 0.29) is 0 Å². The molecule has 0 amide bonds. The lowest BCUT2D eigenvalue weighted by Gasteiger charge is -2.22. The molecule has 1 saturated carbocycles. The van der Waals surface area contributed by atoms with E-state index in [0.717, 1.165) is 12.4 Å². The van der Waals surface area contributed by atoms with Crippen molar-refractivity contribution in [1.82, 2.24) is 10.3 Å². The number of anilines is 1. The maximum absolute atomic E-state index is 6.02. The Morgan fingerprint density at radius 1 is 1.39 bits per heavy atom. The van der Waals surface area contributed by atoms with Gasteiger partial charge >= 0.3 is 0 Å². The minimum absolute atomic E-state index is 0.579. The summed E-state index contributed by atoms with van der Waals surface area (Å²) >= 11 is 0. The average Bonchev–Trinajstić information content (AvgIpc) is 2.62. The maximum atomic E-state index is 6.02. The Kier molecular flexibility index (Phi) is 5.00. The topological polar surface area (TPSA) is 50.9 Å². The molecule has 1 aliphatic carbocycles. The third-order valence-corrected chi connectivity index (χ3v) is 3.92. The SMILES string of the molecule is CCCNC1CCCCC(c2cccnc2N)C1. The normalized spacial score (nSPS) is 24.7. The summed E-state index contributed by atoms with van der Waals surface area (Å²) in [4.78, 5) is 4.23. The van der Waals surface area contributed by atoms with Crippen LogP contribution in [0.4, 0.5) is 5.82 Å². The Balaban J connectivity index is 2.05. The first-order chi connectivity index (χ1) is 8.81. The van der Waals surface area contributed by atoms with Gasteiger partial charge < -0.3 is 11.1 Å².